The third-order valence-corrected chi connectivity index (χ3v) is 3.86. The highest BCUT2D eigenvalue weighted by Gasteiger charge is 2.20. The van der Waals surface area contributed by atoms with Crippen LogP contribution in [0, 0.1) is 0 Å². The van der Waals surface area contributed by atoms with Gasteiger partial charge in [0.1, 0.15) is 0 Å². The van der Waals surface area contributed by atoms with Crippen LogP contribution in [-0.2, 0) is 4.79 Å². The largest absolute Gasteiger partial charge is 0.382 e. The summed E-state index contributed by atoms with van der Waals surface area (Å²) in [5, 5.41) is 3.60. The SMILES string of the molecule is CC(=O)N1CCC(Nc2cccc(C(C)C)c2)CC1. The van der Waals surface area contributed by atoms with Gasteiger partial charge < -0.3 is 10.2 Å². The quantitative estimate of drug-likeness (QED) is 0.905. The van der Waals surface area contributed by atoms with Crippen LogP contribution in [0.3, 0.4) is 0 Å². The van der Waals surface area contributed by atoms with Gasteiger partial charge in [0.15, 0.2) is 0 Å². The van der Waals surface area contributed by atoms with Crippen LogP contribution >= 0.6 is 0 Å². The lowest BCUT2D eigenvalue weighted by Crippen LogP contribution is -2.41. The van der Waals surface area contributed by atoms with Crippen molar-refractivity contribution < 1.29 is 4.79 Å². The van der Waals surface area contributed by atoms with Crippen molar-refractivity contribution >= 4 is 11.6 Å². The molecular weight excluding hydrogens is 236 g/mol. The summed E-state index contributed by atoms with van der Waals surface area (Å²) < 4.78 is 0. The molecule has 1 aromatic rings. The van der Waals surface area contributed by atoms with E-state index in [0.29, 0.717) is 12.0 Å². The second kappa shape index (κ2) is 6.09. The van der Waals surface area contributed by atoms with Crippen molar-refractivity contribution in [1.82, 2.24) is 4.90 Å². The van der Waals surface area contributed by atoms with E-state index in [1.807, 2.05) is 4.90 Å². The van der Waals surface area contributed by atoms with Crippen LogP contribution in [0.4, 0.5) is 5.69 Å². The Morgan fingerprint density at radius 1 is 1.32 bits per heavy atom. The van der Waals surface area contributed by atoms with Crippen LogP contribution in [0.25, 0.3) is 0 Å². The minimum absolute atomic E-state index is 0.195. The molecule has 3 nitrogen and oxygen atoms in total. The van der Waals surface area contributed by atoms with Gasteiger partial charge in [-0.05, 0) is 36.5 Å². The molecule has 104 valence electrons. The average Bonchev–Trinajstić information content (AvgIpc) is 2.39. The maximum absolute atomic E-state index is 11.3. The third-order valence-electron chi connectivity index (χ3n) is 3.86. The minimum atomic E-state index is 0.195. The van der Waals surface area contributed by atoms with Crippen molar-refractivity contribution in [2.45, 2.75) is 45.6 Å². The zero-order valence-corrected chi connectivity index (χ0v) is 12.1. The third kappa shape index (κ3) is 3.72. The number of nitrogens with one attached hydrogen (secondary N) is 1. The summed E-state index contributed by atoms with van der Waals surface area (Å²) in [5.74, 6) is 0.751. The summed E-state index contributed by atoms with van der Waals surface area (Å²) in [6.45, 7) is 7.82. The summed E-state index contributed by atoms with van der Waals surface area (Å²) in [7, 11) is 0. The highest BCUT2D eigenvalue weighted by atomic mass is 16.2. The molecule has 0 spiro atoms. The first-order valence-electron chi connectivity index (χ1n) is 7.18. The van der Waals surface area contributed by atoms with Crippen molar-refractivity contribution in [2.24, 2.45) is 0 Å². The van der Waals surface area contributed by atoms with Crippen molar-refractivity contribution in [3.8, 4) is 0 Å². The summed E-state index contributed by atoms with van der Waals surface area (Å²) in [6, 6.07) is 9.14. The molecule has 3 heteroatoms. The highest BCUT2D eigenvalue weighted by molar-refractivity contribution is 5.73. The van der Waals surface area contributed by atoms with E-state index in [1.165, 1.54) is 11.3 Å². The summed E-state index contributed by atoms with van der Waals surface area (Å²) in [4.78, 5) is 13.2. The lowest BCUT2D eigenvalue weighted by atomic mass is 10.0. The van der Waals surface area contributed by atoms with Crippen molar-refractivity contribution in [3.05, 3.63) is 29.8 Å². The Bertz CT molecular complexity index is 434. The molecule has 19 heavy (non-hydrogen) atoms. The Morgan fingerprint density at radius 2 is 2.00 bits per heavy atom. The number of nitrogens with zero attached hydrogens (tertiary/aromatic N) is 1. The number of rotatable bonds is 3. The molecule has 1 aliphatic rings. The van der Waals surface area contributed by atoms with Crippen molar-refractivity contribution in [1.29, 1.82) is 0 Å². The van der Waals surface area contributed by atoms with Crippen LogP contribution in [0.5, 0.6) is 0 Å². The molecule has 1 amide bonds. The molecule has 1 aromatic carbocycles. The smallest absolute Gasteiger partial charge is 0.219 e. The molecule has 0 aliphatic carbocycles. The van der Waals surface area contributed by atoms with E-state index >= 15 is 0 Å². The number of carbonyl (C=O) groups excluding carboxylic acids is 1. The second-order valence-corrected chi connectivity index (χ2v) is 5.70. The number of carbonyl (C=O) groups is 1. The van der Waals surface area contributed by atoms with Gasteiger partial charge in [-0.25, -0.2) is 0 Å². The lowest BCUT2D eigenvalue weighted by Gasteiger charge is -2.32. The average molecular weight is 260 g/mol. The van der Waals surface area contributed by atoms with Gasteiger partial charge in [-0.3, -0.25) is 4.79 Å². The van der Waals surface area contributed by atoms with E-state index in [9.17, 15) is 4.79 Å². The molecule has 1 N–H and O–H groups in total. The summed E-state index contributed by atoms with van der Waals surface area (Å²) in [6.07, 6.45) is 2.07. The number of likely N-dealkylation sites (tertiary alicyclic amines) is 1. The molecule has 0 radical (unpaired) electrons. The maximum atomic E-state index is 11.3. The van der Waals surface area contributed by atoms with Gasteiger partial charge in [-0.2, -0.15) is 0 Å². The van der Waals surface area contributed by atoms with Gasteiger partial charge in [0.25, 0.3) is 0 Å². The summed E-state index contributed by atoms with van der Waals surface area (Å²) in [5.41, 5.74) is 2.57. The number of hydrogen-bond acceptors (Lipinski definition) is 2. The number of hydrogen-bond donors (Lipinski definition) is 1. The first-order valence-corrected chi connectivity index (χ1v) is 7.18. The topological polar surface area (TPSA) is 32.3 Å². The highest BCUT2D eigenvalue weighted by Crippen LogP contribution is 2.21. The molecule has 1 fully saturated rings. The first-order chi connectivity index (χ1) is 9.06. The van der Waals surface area contributed by atoms with Gasteiger partial charge in [-0.1, -0.05) is 26.0 Å². The molecule has 0 bridgehead atoms. The molecule has 0 unspecified atom stereocenters. The van der Waals surface area contributed by atoms with Gasteiger partial charge >= 0.3 is 0 Å². The van der Waals surface area contributed by atoms with Crippen LogP contribution < -0.4 is 5.32 Å². The van der Waals surface area contributed by atoms with Gasteiger partial charge in [0.05, 0.1) is 0 Å². The number of amides is 1. The maximum Gasteiger partial charge on any atom is 0.219 e. The Hall–Kier alpha value is -1.51. The predicted molar refractivity (Wildman–Crippen MR) is 79.4 cm³/mol. The Balaban J connectivity index is 1.92. The monoisotopic (exact) mass is 260 g/mol. The van der Waals surface area contributed by atoms with E-state index in [0.717, 1.165) is 25.9 Å². The zero-order valence-electron chi connectivity index (χ0n) is 12.1. The number of anilines is 1. The van der Waals surface area contributed by atoms with Gasteiger partial charge in [-0.15, -0.1) is 0 Å². The molecule has 0 aromatic heterocycles. The van der Waals surface area contributed by atoms with Gasteiger partial charge in [0, 0.05) is 31.7 Å². The Labute approximate surface area is 116 Å². The van der Waals surface area contributed by atoms with E-state index in [2.05, 4.69) is 43.4 Å². The zero-order chi connectivity index (χ0) is 13.8. The molecule has 1 saturated heterocycles. The molecule has 0 atom stereocenters. The standard InChI is InChI=1S/C16H24N2O/c1-12(2)14-5-4-6-16(11-14)17-15-7-9-18(10-8-15)13(3)19/h4-6,11-12,15,17H,7-10H2,1-3H3. The molecule has 1 heterocycles. The van der Waals surface area contributed by atoms with Gasteiger partial charge in [0.2, 0.25) is 5.91 Å². The lowest BCUT2D eigenvalue weighted by molar-refractivity contribution is -0.129. The second-order valence-electron chi connectivity index (χ2n) is 5.70. The first kappa shape index (κ1) is 13.9. The predicted octanol–water partition coefficient (Wildman–Crippen LogP) is 3.23. The Morgan fingerprint density at radius 3 is 2.58 bits per heavy atom. The van der Waals surface area contributed by atoms with Crippen LogP contribution in [0.15, 0.2) is 24.3 Å². The summed E-state index contributed by atoms with van der Waals surface area (Å²) >= 11 is 0. The molecule has 0 saturated carbocycles. The van der Waals surface area contributed by atoms with Crippen LogP contribution in [-0.4, -0.2) is 29.9 Å². The number of piperidine rings is 1. The fraction of sp³-hybridized carbons (Fsp3) is 0.562. The normalized spacial score (nSPS) is 16.7. The van der Waals surface area contributed by atoms with E-state index < -0.39 is 0 Å². The van der Waals surface area contributed by atoms with Crippen molar-refractivity contribution in [2.75, 3.05) is 18.4 Å². The van der Waals surface area contributed by atoms with E-state index in [4.69, 9.17) is 0 Å². The molecule has 1 aliphatic heterocycles. The Kier molecular flexibility index (Phi) is 4.46. The fourth-order valence-corrected chi connectivity index (χ4v) is 2.56. The molecule has 2 rings (SSSR count). The minimum Gasteiger partial charge on any atom is -0.382 e. The van der Waals surface area contributed by atoms with E-state index in [-0.39, 0.29) is 5.91 Å². The number of benzene rings is 1. The van der Waals surface area contributed by atoms with Crippen LogP contribution in [0.2, 0.25) is 0 Å². The molecular formula is C16H24N2O. The van der Waals surface area contributed by atoms with Crippen LogP contribution in [0.1, 0.15) is 45.1 Å². The van der Waals surface area contributed by atoms with E-state index in [1.54, 1.807) is 6.92 Å². The fourth-order valence-electron chi connectivity index (χ4n) is 2.56. The van der Waals surface area contributed by atoms with Crippen molar-refractivity contribution in [3.63, 3.8) is 0 Å².